The molecule has 0 fully saturated rings. The Hall–Kier alpha value is -4.93. The molecule has 306 valence electrons. The minimum Gasteiger partial charge on any atom is -0.490 e. The Morgan fingerprint density at radius 2 is 1.47 bits per heavy atom. The van der Waals surface area contributed by atoms with Crippen LogP contribution in [-0.2, 0) is 46.6 Å². The molecule has 1 aliphatic heterocycles. The number of ether oxygens (including phenoxy) is 2. The monoisotopic (exact) mass is 845 g/mol. The fourth-order valence-corrected chi connectivity index (χ4v) is 10.4. The lowest BCUT2D eigenvalue weighted by atomic mass is 9.87. The number of hydrogen-bond acceptors (Lipinski definition) is 13. The summed E-state index contributed by atoms with van der Waals surface area (Å²) >= 11 is 9.44. The van der Waals surface area contributed by atoms with Crippen LogP contribution in [0.5, 0.6) is 5.75 Å². The van der Waals surface area contributed by atoms with Crippen molar-refractivity contribution in [3.05, 3.63) is 61.9 Å². The first kappa shape index (κ1) is 41.2. The summed E-state index contributed by atoms with van der Waals surface area (Å²) in [6.07, 6.45) is 9.32. The molecule has 8 rings (SSSR count). The van der Waals surface area contributed by atoms with Gasteiger partial charge in [-0.2, -0.15) is 0 Å². The fraction of sp³-hybridized carbons (Fsp3) is 0.463. The van der Waals surface area contributed by atoms with Crippen LogP contribution in [0.1, 0.15) is 65.6 Å². The first-order chi connectivity index (χ1) is 27.7. The molecule has 1 aromatic carbocycles. The number of thiophene rings is 2. The molecule has 0 bridgehead atoms. The number of alkyl carbamates (subject to hydrolysis) is 1. The number of hydrogen-bond donors (Lipinski definition) is 2. The minimum absolute atomic E-state index is 0.00443. The van der Waals surface area contributed by atoms with Crippen molar-refractivity contribution in [3.63, 3.8) is 0 Å². The molecule has 0 radical (unpaired) electrons. The number of benzene rings is 1. The third kappa shape index (κ3) is 9.03. The van der Waals surface area contributed by atoms with Crippen LogP contribution in [0, 0.1) is 11.8 Å². The normalized spacial score (nSPS) is 16.8. The maximum atomic E-state index is 12.6. The van der Waals surface area contributed by atoms with E-state index in [2.05, 4.69) is 35.6 Å². The van der Waals surface area contributed by atoms with Crippen LogP contribution < -0.4 is 15.4 Å². The van der Waals surface area contributed by atoms with Gasteiger partial charge in [-0.15, -0.1) is 22.7 Å². The molecule has 2 N–H and O–H groups in total. The number of aryl methyl sites for hydroxylation is 2. The molecule has 3 aliphatic rings. The number of anilines is 2. The maximum absolute atomic E-state index is 12.6. The summed E-state index contributed by atoms with van der Waals surface area (Å²) in [5.74, 6) is 1.82. The highest BCUT2D eigenvalue weighted by Crippen LogP contribution is 2.43. The fourth-order valence-electron chi connectivity index (χ4n) is 7.54. The summed E-state index contributed by atoms with van der Waals surface area (Å²) in [7, 11) is 7.24. The highest BCUT2D eigenvalue weighted by atomic mass is 35.5. The van der Waals surface area contributed by atoms with Crippen LogP contribution in [0.3, 0.4) is 0 Å². The molecule has 2 aliphatic carbocycles. The van der Waals surface area contributed by atoms with Crippen LogP contribution in [0.15, 0.2) is 29.8 Å². The Labute approximate surface area is 350 Å². The topological polar surface area (TPSA) is 164 Å². The van der Waals surface area contributed by atoms with E-state index in [-0.39, 0.29) is 30.3 Å². The summed E-state index contributed by atoms with van der Waals surface area (Å²) in [5.41, 5.74) is 4.76. The van der Waals surface area contributed by atoms with E-state index >= 15 is 0 Å². The van der Waals surface area contributed by atoms with Crippen molar-refractivity contribution in [2.24, 2.45) is 16.8 Å². The summed E-state index contributed by atoms with van der Waals surface area (Å²) in [6, 6.07) is 4.00. The molecule has 4 aromatic heterocycles. The van der Waals surface area contributed by atoms with Gasteiger partial charge in [-0.1, -0.05) is 11.6 Å². The predicted octanol–water partition coefficient (Wildman–Crippen LogP) is 7.00. The van der Waals surface area contributed by atoms with E-state index in [1.165, 1.54) is 27.2 Å². The van der Waals surface area contributed by atoms with Gasteiger partial charge < -0.3 is 29.9 Å². The summed E-state index contributed by atoms with van der Waals surface area (Å²) in [5, 5.41) is 8.74. The van der Waals surface area contributed by atoms with E-state index in [9.17, 15) is 14.4 Å². The first-order valence-corrected chi connectivity index (χ1v) is 21.3. The van der Waals surface area contributed by atoms with Gasteiger partial charge in [-0.3, -0.25) is 14.6 Å². The van der Waals surface area contributed by atoms with Gasteiger partial charge in [0.25, 0.3) is 0 Å². The number of aliphatic imine (C=N–C) groups is 1. The maximum Gasteiger partial charge on any atom is 0.407 e. The molecule has 5 heterocycles. The zero-order valence-electron chi connectivity index (χ0n) is 33.8. The Bertz CT molecular complexity index is 2400. The SMILES string of the molecule is CN(C)C(=O)[C@H]1CCc2c(sc3ncnc(Cl)c23)C1.CN(C)C(=O)[C@H]1CCc2c(sc3ncnc(Nc4cc5c(cc4OCCNC(=O)OC(C)(C)C)CN=C5)c23)C1. The quantitative estimate of drug-likeness (QED) is 0.123. The Morgan fingerprint density at radius 3 is 2.09 bits per heavy atom. The Balaban J connectivity index is 0.000000224. The Kier molecular flexibility index (Phi) is 12.2. The molecule has 17 heteroatoms. The van der Waals surface area contributed by atoms with Crippen molar-refractivity contribution in [2.45, 2.75) is 71.4 Å². The van der Waals surface area contributed by atoms with E-state index in [1.54, 1.807) is 38.8 Å². The summed E-state index contributed by atoms with van der Waals surface area (Å²) in [4.78, 5) is 66.2. The third-order valence-electron chi connectivity index (χ3n) is 10.2. The zero-order valence-corrected chi connectivity index (χ0v) is 36.2. The van der Waals surface area contributed by atoms with Crippen LogP contribution in [0.4, 0.5) is 16.3 Å². The molecule has 2 atom stereocenters. The molecule has 0 spiro atoms. The molecule has 58 heavy (non-hydrogen) atoms. The van der Waals surface area contributed by atoms with Crippen molar-refractivity contribution < 1.29 is 23.9 Å². The van der Waals surface area contributed by atoms with E-state index in [1.807, 2.05) is 67.3 Å². The van der Waals surface area contributed by atoms with Crippen LogP contribution in [-0.4, -0.2) is 101 Å². The molecule has 14 nitrogen and oxygen atoms in total. The lowest BCUT2D eigenvalue weighted by molar-refractivity contribution is -0.134. The number of halogens is 1. The Morgan fingerprint density at radius 1 is 0.862 bits per heavy atom. The van der Waals surface area contributed by atoms with Crippen molar-refractivity contribution in [1.29, 1.82) is 0 Å². The number of nitrogens with zero attached hydrogens (tertiary/aromatic N) is 7. The second-order valence-electron chi connectivity index (χ2n) is 16.0. The number of rotatable bonds is 8. The van der Waals surface area contributed by atoms with Gasteiger partial charge in [0.2, 0.25) is 11.8 Å². The summed E-state index contributed by atoms with van der Waals surface area (Å²) < 4.78 is 11.4. The van der Waals surface area contributed by atoms with Gasteiger partial charge in [0.1, 0.15) is 51.2 Å². The average molecular weight is 846 g/mol. The van der Waals surface area contributed by atoms with E-state index in [0.717, 1.165) is 75.8 Å². The van der Waals surface area contributed by atoms with Gasteiger partial charge in [0, 0.05) is 56.0 Å². The van der Waals surface area contributed by atoms with Crippen LogP contribution in [0.25, 0.3) is 20.4 Å². The van der Waals surface area contributed by atoms with Crippen LogP contribution in [0.2, 0.25) is 5.15 Å². The smallest absolute Gasteiger partial charge is 0.407 e. The number of fused-ring (bicyclic) bond motifs is 7. The van der Waals surface area contributed by atoms with E-state index in [0.29, 0.717) is 29.8 Å². The number of nitrogens with one attached hydrogen (secondary N) is 2. The molecule has 0 saturated heterocycles. The molecule has 0 saturated carbocycles. The number of amides is 3. The molecule has 5 aromatic rings. The lowest BCUT2D eigenvalue weighted by Crippen LogP contribution is -2.34. The minimum atomic E-state index is -0.561. The number of aromatic nitrogens is 4. The first-order valence-electron chi connectivity index (χ1n) is 19.3. The van der Waals surface area contributed by atoms with Gasteiger partial charge >= 0.3 is 6.09 Å². The predicted molar refractivity (Wildman–Crippen MR) is 229 cm³/mol. The molecule has 0 unspecified atom stereocenters. The van der Waals surface area contributed by atoms with Gasteiger partial charge in [0.05, 0.1) is 29.5 Å². The van der Waals surface area contributed by atoms with Gasteiger partial charge in [0.15, 0.2) is 0 Å². The second-order valence-corrected chi connectivity index (χ2v) is 18.5. The number of carbonyl (C=O) groups excluding carboxylic acids is 3. The van der Waals surface area contributed by atoms with E-state index in [4.69, 9.17) is 21.1 Å². The zero-order chi connectivity index (χ0) is 41.3. The highest BCUT2D eigenvalue weighted by molar-refractivity contribution is 7.19. The van der Waals surface area contributed by atoms with Crippen LogP contribution >= 0.6 is 34.3 Å². The molecular weight excluding hydrogens is 798 g/mol. The van der Waals surface area contributed by atoms with Crippen molar-refractivity contribution >= 4 is 90.3 Å². The largest absolute Gasteiger partial charge is 0.490 e. The molecule has 3 amide bonds. The van der Waals surface area contributed by atoms with Crippen molar-refractivity contribution in [3.8, 4) is 5.75 Å². The van der Waals surface area contributed by atoms with Crippen molar-refractivity contribution in [1.82, 2.24) is 35.1 Å². The third-order valence-corrected chi connectivity index (χ3v) is 12.9. The highest BCUT2D eigenvalue weighted by Gasteiger charge is 2.31. The van der Waals surface area contributed by atoms with E-state index < -0.39 is 11.7 Å². The van der Waals surface area contributed by atoms with Gasteiger partial charge in [-0.05, 0) is 93.7 Å². The number of carbonyl (C=O) groups is 3. The molecular formula is C41H48ClN9O5S2. The summed E-state index contributed by atoms with van der Waals surface area (Å²) in [6.45, 7) is 6.63. The average Bonchev–Trinajstić information content (AvgIpc) is 3.90. The second kappa shape index (κ2) is 17.1. The standard InChI is InChI=1S/C28H34N6O4S.C13H14ClN3OS/c1-28(2,3)38-27(36)30-8-9-37-21-11-18-14-29-13-17(18)10-20(21)33-24-23-19-7-6-16(26(35)34(4)5)12-22(19)39-25(23)32-15-31-24;1-17(2)13(18)7-3-4-8-9(5-7)19-12-10(8)11(14)15-6-16-12/h10-11,13,15-16H,6-9,12,14H2,1-5H3,(H,30,36)(H,31,32,33);6-7H,3-5H2,1-2H3/t16-;7-/m00/s1. The van der Waals surface area contributed by atoms with Gasteiger partial charge in [-0.25, -0.2) is 24.7 Å². The van der Waals surface area contributed by atoms with Crippen molar-refractivity contribution in [2.75, 3.05) is 46.7 Å². The lowest BCUT2D eigenvalue weighted by Gasteiger charge is -2.24.